The molecule has 0 aliphatic carbocycles. The van der Waals surface area contributed by atoms with E-state index in [9.17, 15) is 22.2 Å². The topological polar surface area (TPSA) is 54.4 Å². The second kappa shape index (κ2) is 5.99. The predicted octanol–water partition coefficient (Wildman–Crippen LogP) is 2.68. The van der Waals surface area contributed by atoms with Crippen molar-refractivity contribution in [1.29, 1.82) is 0 Å². The van der Waals surface area contributed by atoms with Crippen molar-refractivity contribution in [2.45, 2.75) is 23.9 Å². The van der Waals surface area contributed by atoms with E-state index in [2.05, 4.69) is 0 Å². The Bertz CT molecular complexity index is 457. The number of carboxylic acids is 1. The second-order valence-electron chi connectivity index (χ2n) is 3.57. The van der Waals surface area contributed by atoms with Gasteiger partial charge in [-0.25, -0.2) is 0 Å². The van der Waals surface area contributed by atoms with Crippen LogP contribution in [0, 0.1) is 0 Å². The van der Waals surface area contributed by atoms with E-state index in [0.717, 1.165) is 12.1 Å². The van der Waals surface area contributed by atoms with Crippen LogP contribution < -0.4 is 0 Å². The Morgan fingerprint density at radius 3 is 2.56 bits per heavy atom. The lowest BCUT2D eigenvalue weighted by Gasteiger charge is -2.08. The van der Waals surface area contributed by atoms with Gasteiger partial charge in [0.2, 0.25) is 0 Å². The van der Waals surface area contributed by atoms with E-state index in [1.54, 1.807) is 0 Å². The standard InChI is InChI=1S/C11H11F3O3S/c12-11(13,14)8-3-1-4-9(7-8)18(17)6-2-5-10(15)16/h1,3-4,7H,2,5-6H2,(H,15,16). The zero-order chi connectivity index (χ0) is 13.8. The summed E-state index contributed by atoms with van der Waals surface area (Å²) in [5.41, 5.74) is -0.855. The van der Waals surface area contributed by atoms with Gasteiger partial charge in [0.25, 0.3) is 0 Å². The molecule has 0 radical (unpaired) electrons. The minimum Gasteiger partial charge on any atom is -0.481 e. The molecule has 1 atom stereocenters. The molecule has 0 aromatic heterocycles. The van der Waals surface area contributed by atoms with E-state index in [0.29, 0.717) is 0 Å². The number of hydrogen-bond acceptors (Lipinski definition) is 2. The molecule has 0 saturated carbocycles. The van der Waals surface area contributed by atoms with Crippen molar-refractivity contribution < 1.29 is 27.3 Å². The average Bonchev–Trinajstić information content (AvgIpc) is 2.27. The van der Waals surface area contributed by atoms with Crippen LogP contribution in [0.4, 0.5) is 13.2 Å². The van der Waals surface area contributed by atoms with Gasteiger partial charge in [-0.3, -0.25) is 9.00 Å². The van der Waals surface area contributed by atoms with E-state index in [1.807, 2.05) is 0 Å². The normalized spacial score (nSPS) is 13.3. The van der Waals surface area contributed by atoms with Crippen molar-refractivity contribution in [2.75, 3.05) is 5.75 Å². The fourth-order valence-electron chi connectivity index (χ4n) is 1.29. The van der Waals surface area contributed by atoms with Crippen LogP contribution in [-0.2, 0) is 21.8 Å². The van der Waals surface area contributed by atoms with E-state index >= 15 is 0 Å². The summed E-state index contributed by atoms with van der Waals surface area (Å²) in [6, 6.07) is 4.26. The van der Waals surface area contributed by atoms with Crippen LogP contribution in [0.2, 0.25) is 0 Å². The first-order chi connectivity index (χ1) is 8.30. The molecular formula is C11H11F3O3S. The van der Waals surface area contributed by atoms with Gasteiger partial charge in [-0.05, 0) is 24.6 Å². The SMILES string of the molecule is O=C(O)CCCS(=O)c1cccc(C(F)(F)F)c1. The van der Waals surface area contributed by atoms with Gasteiger partial charge in [-0.2, -0.15) is 13.2 Å². The lowest BCUT2D eigenvalue weighted by Crippen LogP contribution is -2.07. The number of rotatable bonds is 5. The maximum atomic E-state index is 12.4. The second-order valence-corrected chi connectivity index (χ2v) is 5.14. The molecular weight excluding hydrogens is 269 g/mol. The Hall–Kier alpha value is -1.37. The van der Waals surface area contributed by atoms with Gasteiger partial charge in [-0.1, -0.05) is 6.07 Å². The summed E-state index contributed by atoms with van der Waals surface area (Å²) >= 11 is 0. The molecule has 7 heteroatoms. The maximum Gasteiger partial charge on any atom is 0.416 e. The van der Waals surface area contributed by atoms with Crippen molar-refractivity contribution in [1.82, 2.24) is 0 Å². The Balaban J connectivity index is 2.72. The Morgan fingerprint density at radius 1 is 1.33 bits per heavy atom. The molecule has 0 bridgehead atoms. The smallest absolute Gasteiger partial charge is 0.416 e. The minimum absolute atomic E-state index is 0.0353. The molecule has 1 unspecified atom stereocenters. The summed E-state index contributed by atoms with van der Waals surface area (Å²) in [6.45, 7) is 0. The molecule has 0 fully saturated rings. The van der Waals surface area contributed by atoms with E-state index in [-0.39, 0.29) is 23.5 Å². The van der Waals surface area contributed by atoms with Gasteiger partial charge in [0.15, 0.2) is 0 Å². The summed E-state index contributed by atoms with van der Waals surface area (Å²) in [5.74, 6) is -0.982. The van der Waals surface area contributed by atoms with Crippen LogP contribution in [-0.4, -0.2) is 21.0 Å². The summed E-state index contributed by atoms with van der Waals surface area (Å²) in [7, 11) is -1.61. The van der Waals surface area contributed by atoms with Gasteiger partial charge in [0.05, 0.1) is 16.4 Å². The highest BCUT2D eigenvalue weighted by Crippen LogP contribution is 2.30. The summed E-state index contributed by atoms with van der Waals surface area (Å²) in [5, 5.41) is 8.40. The molecule has 0 aliphatic heterocycles. The molecule has 0 amide bonds. The van der Waals surface area contributed by atoms with E-state index < -0.39 is 28.5 Å². The lowest BCUT2D eigenvalue weighted by molar-refractivity contribution is -0.138. The number of halogens is 3. The number of alkyl halides is 3. The van der Waals surface area contributed by atoms with Crippen LogP contribution in [0.15, 0.2) is 29.2 Å². The number of benzene rings is 1. The molecule has 100 valence electrons. The Labute approximate surface area is 104 Å². The van der Waals surface area contributed by atoms with E-state index in [1.165, 1.54) is 12.1 Å². The number of hydrogen-bond donors (Lipinski definition) is 1. The lowest BCUT2D eigenvalue weighted by atomic mass is 10.2. The van der Waals surface area contributed by atoms with Gasteiger partial charge < -0.3 is 5.11 Å². The average molecular weight is 280 g/mol. The third-order valence-electron chi connectivity index (χ3n) is 2.14. The molecule has 1 rings (SSSR count). The molecule has 0 heterocycles. The molecule has 18 heavy (non-hydrogen) atoms. The number of carboxylic acid groups (broad SMARTS) is 1. The van der Waals surface area contributed by atoms with Crippen LogP contribution in [0.1, 0.15) is 18.4 Å². The highest BCUT2D eigenvalue weighted by atomic mass is 32.2. The highest BCUT2D eigenvalue weighted by Gasteiger charge is 2.30. The van der Waals surface area contributed by atoms with Crippen LogP contribution in [0.25, 0.3) is 0 Å². The Morgan fingerprint density at radius 2 is 2.00 bits per heavy atom. The summed E-state index contributed by atoms with van der Waals surface area (Å²) < 4.78 is 48.9. The van der Waals surface area contributed by atoms with Gasteiger partial charge in [-0.15, -0.1) is 0 Å². The molecule has 0 spiro atoms. The number of aliphatic carboxylic acids is 1. The first-order valence-electron chi connectivity index (χ1n) is 5.08. The van der Waals surface area contributed by atoms with Gasteiger partial charge in [0.1, 0.15) is 0 Å². The summed E-state index contributed by atoms with van der Waals surface area (Å²) in [6.07, 6.45) is -4.45. The zero-order valence-corrected chi connectivity index (χ0v) is 10.1. The third kappa shape index (κ3) is 4.48. The monoisotopic (exact) mass is 280 g/mol. The fourth-order valence-corrected chi connectivity index (χ4v) is 2.42. The largest absolute Gasteiger partial charge is 0.481 e. The van der Waals surface area contributed by atoms with Gasteiger partial charge in [0, 0.05) is 17.1 Å². The number of carbonyl (C=O) groups is 1. The van der Waals surface area contributed by atoms with Crippen molar-refractivity contribution in [3.8, 4) is 0 Å². The molecule has 3 nitrogen and oxygen atoms in total. The minimum atomic E-state index is -4.47. The highest BCUT2D eigenvalue weighted by molar-refractivity contribution is 7.85. The van der Waals surface area contributed by atoms with Crippen molar-refractivity contribution in [2.24, 2.45) is 0 Å². The quantitative estimate of drug-likeness (QED) is 0.902. The van der Waals surface area contributed by atoms with Gasteiger partial charge >= 0.3 is 12.1 Å². The summed E-state index contributed by atoms with van der Waals surface area (Å²) in [4.78, 5) is 10.3. The molecule has 0 saturated heterocycles. The first kappa shape index (κ1) is 14.7. The molecule has 1 N–H and O–H groups in total. The van der Waals surface area contributed by atoms with E-state index in [4.69, 9.17) is 5.11 Å². The maximum absolute atomic E-state index is 12.4. The first-order valence-corrected chi connectivity index (χ1v) is 6.40. The van der Waals surface area contributed by atoms with Crippen molar-refractivity contribution in [3.05, 3.63) is 29.8 Å². The molecule has 1 aromatic rings. The zero-order valence-electron chi connectivity index (χ0n) is 9.24. The molecule has 1 aromatic carbocycles. The third-order valence-corrected chi connectivity index (χ3v) is 3.58. The Kier molecular flexibility index (Phi) is 4.89. The van der Waals surface area contributed by atoms with Crippen LogP contribution in [0.5, 0.6) is 0 Å². The fraction of sp³-hybridized carbons (Fsp3) is 0.364. The van der Waals surface area contributed by atoms with Crippen molar-refractivity contribution in [3.63, 3.8) is 0 Å². The van der Waals surface area contributed by atoms with Crippen molar-refractivity contribution >= 4 is 16.8 Å². The van der Waals surface area contributed by atoms with Crippen LogP contribution >= 0.6 is 0 Å². The predicted molar refractivity (Wildman–Crippen MR) is 59.6 cm³/mol. The van der Waals surface area contributed by atoms with Crippen LogP contribution in [0.3, 0.4) is 0 Å². The molecule has 0 aliphatic rings.